The standard InChI is InChI=1S/C12H18ClNO/c1-9(2)15-12-5-4-11(13)8-10(12)6-7-14-3/h4-5,8-9,14H,6-7H2,1-3H3. The van der Waals surface area contributed by atoms with E-state index in [4.69, 9.17) is 16.3 Å². The van der Waals surface area contributed by atoms with E-state index in [1.54, 1.807) is 0 Å². The molecular weight excluding hydrogens is 210 g/mol. The zero-order chi connectivity index (χ0) is 11.3. The molecule has 0 spiro atoms. The minimum Gasteiger partial charge on any atom is -0.491 e. The van der Waals surface area contributed by atoms with Crippen molar-refractivity contribution in [3.8, 4) is 5.75 Å². The fraction of sp³-hybridized carbons (Fsp3) is 0.500. The fourth-order valence-corrected chi connectivity index (χ4v) is 1.57. The summed E-state index contributed by atoms with van der Waals surface area (Å²) in [5.74, 6) is 0.935. The Morgan fingerprint density at radius 3 is 2.73 bits per heavy atom. The summed E-state index contributed by atoms with van der Waals surface area (Å²) >= 11 is 5.96. The van der Waals surface area contributed by atoms with Crippen LogP contribution in [0.25, 0.3) is 0 Å². The first-order chi connectivity index (χ1) is 7.13. The molecule has 0 saturated carbocycles. The van der Waals surface area contributed by atoms with Crippen molar-refractivity contribution in [2.75, 3.05) is 13.6 Å². The molecule has 0 radical (unpaired) electrons. The molecule has 1 rings (SSSR count). The van der Waals surface area contributed by atoms with Gasteiger partial charge in [0.2, 0.25) is 0 Å². The van der Waals surface area contributed by atoms with E-state index in [0.717, 1.165) is 29.3 Å². The number of rotatable bonds is 5. The van der Waals surface area contributed by atoms with E-state index < -0.39 is 0 Å². The summed E-state index contributed by atoms with van der Waals surface area (Å²) < 4.78 is 5.71. The van der Waals surface area contributed by atoms with Crippen LogP contribution in [0.3, 0.4) is 0 Å². The highest BCUT2D eigenvalue weighted by molar-refractivity contribution is 6.30. The van der Waals surface area contributed by atoms with Crippen molar-refractivity contribution in [2.24, 2.45) is 0 Å². The molecule has 0 aliphatic rings. The summed E-state index contributed by atoms with van der Waals surface area (Å²) in [7, 11) is 1.94. The van der Waals surface area contributed by atoms with Gasteiger partial charge in [-0.15, -0.1) is 0 Å². The molecule has 1 N–H and O–H groups in total. The van der Waals surface area contributed by atoms with Crippen molar-refractivity contribution < 1.29 is 4.74 Å². The Hall–Kier alpha value is -0.730. The molecule has 0 unspecified atom stereocenters. The van der Waals surface area contributed by atoms with Gasteiger partial charge in [0.15, 0.2) is 0 Å². The molecular formula is C12H18ClNO. The topological polar surface area (TPSA) is 21.3 Å². The van der Waals surface area contributed by atoms with Gasteiger partial charge in [0.1, 0.15) is 5.75 Å². The maximum atomic E-state index is 5.96. The van der Waals surface area contributed by atoms with Crippen molar-refractivity contribution in [3.05, 3.63) is 28.8 Å². The molecule has 0 amide bonds. The highest BCUT2D eigenvalue weighted by Gasteiger charge is 2.05. The van der Waals surface area contributed by atoms with Gasteiger partial charge in [0, 0.05) is 5.02 Å². The Morgan fingerprint density at radius 1 is 1.40 bits per heavy atom. The predicted molar refractivity (Wildman–Crippen MR) is 64.8 cm³/mol. The van der Waals surface area contributed by atoms with Crippen LogP contribution in [0.2, 0.25) is 5.02 Å². The number of likely N-dealkylation sites (N-methyl/N-ethyl adjacent to an activating group) is 1. The Kier molecular flexibility index (Phi) is 4.92. The van der Waals surface area contributed by atoms with Crippen molar-refractivity contribution in [1.82, 2.24) is 5.32 Å². The van der Waals surface area contributed by atoms with Crippen LogP contribution in [-0.2, 0) is 6.42 Å². The molecule has 84 valence electrons. The van der Waals surface area contributed by atoms with Gasteiger partial charge in [-0.1, -0.05) is 11.6 Å². The van der Waals surface area contributed by atoms with Crippen LogP contribution in [0.1, 0.15) is 19.4 Å². The smallest absolute Gasteiger partial charge is 0.123 e. The zero-order valence-electron chi connectivity index (χ0n) is 9.51. The molecule has 0 aliphatic carbocycles. The molecule has 0 saturated heterocycles. The second kappa shape index (κ2) is 5.99. The van der Waals surface area contributed by atoms with E-state index in [-0.39, 0.29) is 6.10 Å². The predicted octanol–water partition coefficient (Wildman–Crippen LogP) is 2.89. The minimum absolute atomic E-state index is 0.194. The zero-order valence-corrected chi connectivity index (χ0v) is 10.3. The molecule has 0 aromatic heterocycles. The summed E-state index contributed by atoms with van der Waals surface area (Å²) in [6, 6.07) is 5.77. The van der Waals surface area contributed by atoms with E-state index in [2.05, 4.69) is 5.32 Å². The average Bonchev–Trinajstić information content (AvgIpc) is 2.18. The summed E-state index contributed by atoms with van der Waals surface area (Å²) in [6.45, 7) is 4.97. The third-order valence-electron chi connectivity index (χ3n) is 2.03. The molecule has 0 fully saturated rings. The number of benzene rings is 1. The number of nitrogens with one attached hydrogen (secondary N) is 1. The average molecular weight is 228 g/mol. The van der Waals surface area contributed by atoms with Crippen molar-refractivity contribution in [2.45, 2.75) is 26.4 Å². The van der Waals surface area contributed by atoms with Gasteiger partial charge in [0.25, 0.3) is 0 Å². The third-order valence-corrected chi connectivity index (χ3v) is 2.26. The Bertz CT molecular complexity index is 312. The SMILES string of the molecule is CNCCc1cc(Cl)ccc1OC(C)C. The van der Waals surface area contributed by atoms with E-state index in [0.29, 0.717) is 0 Å². The molecule has 2 nitrogen and oxygen atoms in total. The molecule has 1 aromatic rings. The van der Waals surface area contributed by atoms with E-state index in [9.17, 15) is 0 Å². The van der Waals surface area contributed by atoms with Crippen LogP contribution in [0.15, 0.2) is 18.2 Å². The van der Waals surface area contributed by atoms with Gasteiger partial charge in [-0.2, -0.15) is 0 Å². The monoisotopic (exact) mass is 227 g/mol. The summed E-state index contributed by atoms with van der Waals surface area (Å²) in [4.78, 5) is 0. The number of hydrogen-bond donors (Lipinski definition) is 1. The quantitative estimate of drug-likeness (QED) is 0.835. The Labute approximate surface area is 96.6 Å². The van der Waals surface area contributed by atoms with E-state index >= 15 is 0 Å². The normalized spacial score (nSPS) is 10.7. The first-order valence-corrected chi connectivity index (χ1v) is 5.61. The van der Waals surface area contributed by atoms with Gasteiger partial charge in [-0.25, -0.2) is 0 Å². The largest absolute Gasteiger partial charge is 0.491 e. The van der Waals surface area contributed by atoms with Crippen molar-refractivity contribution in [1.29, 1.82) is 0 Å². The maximum Gasteiger partial charge on any atom is 0.123 e. The first kappa shape index (κ1) is 12.3. The molecule has 3 heteroatoms. The fourth-order valence-electron chi connectivity index (χ4n) is 1.37. The van der Waals surface area contributed by atoms with Crippen molar-refractivity contribution in [3.63, 3.8) is 0 Å². The molecule has 0 heterocycles. The Balaban J connectivity index is 2.82. The van der Waals surface area contributed by atoms with Crippen LogP contribution < -0.4 is 10.1 Å². The third kappa shape index (κ3) is 4.10. The van der Waals surface area contributed by atoms with Crippen LogP contribution in [-0.4, -0.2) is 19.7 Å². The molecule has 15 heavy (non-hydrogen) atoms. The summed E-state index contributed by atoms with van der Waals surface area (Å²) in [5.41, 5.74) is 1.16. The maximum absolute atomic E-state index is 5.96. The number of hydrogen-bond acceptors (Lipinski definition) is 2. The molecule has 0 bridgehead atoms. The lowest BCUT2D eigenvalue weighted by Gasteiger charge is -2.14. The second-order valence-corrected chi connectivity index (χ2v) is 4.21. The van der Waals surface area contributed by atoms with Crippen LogP contribution in [0.4, 0.5) is 0 Å². The highest BCUT2D eigenvalue weighted by atomic mass is 35.5. The minimum atomic E-state index is 0.194. The van der Waals surface area contributed by atoms with Crippen LogP contribution in [0.5, 0.6) is 5.75 Å². The summed E-state index contributed by atoms with van der Waals surface area (Å²) in [5, 5.41) is 3.88. The highest BCUT2D eigenvalue weighted by Crippen LogP contribution is 2.24. The van der Waals surface area contributed by atoms with Gasteiger partial charge in [0.05, 0.1) is 6.10 Å². The lowest BCUT2D eigenvalue weighted by Crippen LogP contribution is -2.13. The second-order valence-electron chi connectivity index (χ2n) is 3.77. The van der Waals surface area contributed by atoms with Crippen LogP contribution >= 0.6 is 11.6 Å². The van der Waals surface area contributed by atoms with E-state index in [1.807, 2.05) is 39.1 Å². The van der Waals surface area contributed by atoms with Crippen LogP contribution in [0, 0.1) is 0 Å². The first-order valence-electron chi connectivity index (χ1n) is 5.23. The lowest BCUT2D eigenvalue weighted by atomic mass is 10.1. The molecule has 0 atom stereocenters. The molecule has 0 aliphatic heterocycles. The number of halogens is 1. The van der Waals surface area contributed by atoms with Gasteiger partial charge in [-0.05, 0) is 57.6 Å². The lowest BCUT2D eigenvalue weighted by molar-refractivity contribution is 0.240. The van der Waals surface area contributed by atoms with Gasteiger partial charge < -0.3 is 10.1 Å². The Morgan fingerprint density at radius 2 is 2.13 bits per heavy atom. The van der Waals surface area contributed by atoms with E-state index in [1.165, 1.54) is 0 Å². The molecule has 1 aromatic carbocycles. The van der Waals surface area contributed by atoms with Crippen molar-refractivity contribution >= 4 is 11.6 Å². The number of ether oxygens (including phenoxy) is 1. The summed E-state index contributed by atoms with van der Waals surface area (Å²) in [6.07, 6.45) is 1.12. The van der Waals surface area contributed by atoms with Gasteiger partial charge in [-0.3, -0.25) is 0 Å². The van der Waals surface area contributed by atoms with Gasteiger partial charge >= 0.3 is 0 Å².